The first-order valence-electron chi connectivity index (χ1n) is 10.3. The van der Waals surface area contributed by atoms with Gasteiger partial charge in [0.05, 0.1) is 47.7 Å². The number of nitrogens with one attached hydrogen (secondary N) is 2. The summed E-state index contributed by atoms with van der Waals surface area (Å²) in [5, 5.41) is 0.952. The van der Waals surface area contributed by atoms with Crippen molar-refractivity contribution in [1.29, 1.82) is 0 Å². The third-order valence-electron chi connectivity index (χ3n) is 5.26. The molecule has 2 N–H and O–H groups in total. The van der Waals surface area contributed by atoms with E-state index in [4.69, 9.17) is 4.42 Å². The molecule has 3 heterocycles. The molecule has 0 atom stereocenters. The summed E-state index contributed by atoms with van der Waals surface area (Å²) >= 11 is 13.8. The molecule has 8 nitrogen and oxygen atoms in total. The van der Waals surface area contributed by atoms with Gasteiger partial charge in [0.1, 0.15) is 17.4 Å². The summed E-state index contributed by atoms with van der Waals surface area (Å²) in [6, 6.07) is 10.8. The molecule has 0 spiro atoms. The molecule has 0 amide bonds. The number of aromatic nitrogens is 4. The smallest absolute Gasteiger partial charge is 0.258 e. The first-order chi connectivity index (χ1) is 16.8. The SMILES string of the molecule is O=c1[nH]c(CN(Cc2nc3c(Br)cc(Br)cc3c(=O)[nH]2)Cc2ccco2)nc2c(Br)cc(Br)cc12. The first kappa shape index (κ1) is 24.6. The number of benzene rings is 2. The summed E-state index contributed by atoms with van der Waals surface area (Å²) in [4.78, 5) is 42.6. The molecule has 5 rings (SSSR count). The molecule has 12 heteroatoms. The summed E-state index contributed by atoms with van der Waals surface area (Å²) in [6.07, 6.45) is 1.60. The summed E-state index contributed by atoms with van der Waals surface area (Å²) in [5.74, 6) is 1.68. The molecular weight excluding hydrogens is 714 g/mol. The topological polar surface area (TPSA) is 108 Å². The Hall–Kier alpha value is -2.12. The van der Waals surface area contributed by atoms with E-state index in [0.717, 1.165) is 14.7 Å². The van der Waals surface area contributed by atoms with E-state index in [1.165, 1.54) is 0 Å². The molecule has 2 aromatic carbocycles. The Balaban J connectivity index is 1.53. The zero-order valence-electron chi connectivity index (χ0n) is 17.7. The van der Waals surface area contributed by atoms with E-state index in [1.807, 2.05) is 29.2 Å². The molecular formula is C23H15Br4N5O3. The molecule has 35 heavy (non-hydrogen) atoms. The highest BCUT2D eigenvalue weighted by molar-refractivity contribution is 9.11. The molecule has 5 aromatic rings. The number of rotatable bonds is 6. The second-order valence-electron chi connectivity index (χ2n) is 7.82. The Morgan fingerprint density at radius 3 is 1.74 bits per heavy atom. The van der Waals surface area contributed by atoms with Crippen molar-refractivity contribution in [2.45, 2.75) is 19.6 Å². The van der Waals surface area contributed by atoms with Crippen molar-refractivity contribution in [3.05, 3.63) is 98.7 Å². The van der Waals surface area contributed by atoms with Gasteiger partial charge < -0.3 is 14.4 Å². The Morgan fingerprint density at radius 1 is 0.771 bits per heavy atom. The predicted molar refractivity (Wildman–Crippen MR) is 147 cm³/mol. The molecule has 0 aliphatic carbocycles. The fourth-order valence-electron chi connectivity index (χ4n) is 3.79. The van der Waals surface area contributed by atoms with Gasteiger partial charge in [-0.2, -0.15) is 0 Å². The molecule has 0 unspecified atom stereocenters. The van der Waals surface area contributed by atoms with E-state index in [0.29, 0.717) is 48.9 Å². The Morgan fingerprint density at radius 2 is 1.29 bits per heavy atom. The molecule has 3 aromatic heterocycles. The van der Waals surface area contributed by atoms with Gasteiger partial charge in [0.15, 0.2) is 0 Å². The third-order valence-corrected chi connectivity index (χ3v) is 7.39. The van der Waals surface area contributed by atoms with E-state index < -0.39 is 0 Å². The standard InChI is InChI=1S/C23H15Br4N5O3/c24-11-4-14-20(16(26)6-11)28-18(30-22(14)33)9-32(8-13-2-1-3-35-13)10-19-29-21-15(23(34)31-19)5-12(25)7-17(21)27/h1-7H,8-10H2,(H,28,30,33)(H,29,31,34). The average Bonchev–Trinajstić information content (AvgIpc) is 3.28. The van der Waals surface area contributed by atoms with Crippen LogP contribution in [0.2, 0.25) is 0 Å². The number of nitrogens with zero attached hydrogens (tertiary/aromatic N) is 3. The van der Waals surface area contributed by atoms with Gasteiger partial charge in [-0.3, -0.25) is 14.5 Å². The monoisotopic (exact) mass is 725 g/mol. The fourth-order valence-corrected chi connectivity index (χ4v) is 6.42. The zero-order chi connectivity index (χ0) is 24.7. The van der Waals surface area contributed by atoms with Crippen LogP contribution in [0.3, 0.4) is 0 Å². The van der Waals surface area contributed by atoms with Gasteiger partial charge in [-0.05, 0) is 68.3 Å². The average molecular weight is 729 g/mol. The van der Waals surface area contributed by atoms with Gasteiger partial charge in [0, 0.05) is 17.9 Å². The number of hydrogen-bond donors (Lipinski definition) is 2. The van der Waals surface area contributed by atoms with E-state index in [2.05, 4.69) is 83.7 Å². The first-order valence-corrected chi connectivity index (χ1v) is 13.4. The maximum Gasteiger partial charge on any atom is 0.258 e. The minimum absolute atomic E-state index is 0.239. The van der Waals surface area contributed by atoms with Crippen LogP contribution in [-0.2, 0) is 19.6 Å². The lowest BCUT2D eigenvalue weighted by Crippen LogP contribution is -2.27. The second kappa shape index (κ2) is 10.1. The van der Waals surface area contributed by atoms with Crippen molar-refractivity contribution < 1.29 is 4.42 Å². The molecule has 0 fully saturated rings. The number of halogens is 4. The number of fused-ring (bicyclic) bond motifs is 2. The molecule has 0 saturated carbocycles. The number of aromatic amines is 2. The van der Waals surface area contributed by atoms with Gasteiger partial charge in [0.25, 0.3) is 11.1 Å². The molecule has 0 bridgehead atoms. The largest absolute Gasteiger partial charge is 0.468 e. The van der Waals surface area contributed by atoms with Crippen LogP contribution in [0.4, 0.5) is 0 Å². The summed E-state index contributed by atoms with van der Waals surface area (Å²) in [6.45, 7) is 0.995. The number of H-pyrrole nitrogens is 2. The highest BCUT2D eigenvalue weighted by Gasteiger charge is 2.17. The van der Waals surface area contributed by atoms with Crippen LogP contribution in [0.15, 0.2) is 74.6 Å². The van der Waals surface area contributed by atoms with E-state index in [1.54, 1.807) is 18.4 Å². The van der Waals surface area contributed by atoms with Gasteiger partial charge >= 0.3 is 0 Å². The third kappa shape index (κ3) is 5.36. The van der Waals surface area contributed by atoms with E-state index in [9.17, 15) is 9.59 Å². The van der Waals surface area contributed by atoms with Crippen LogP contribution < -0.4 is 11.1 Å². The fraction of sp³-hybridized carbons (Fsp3) is 0.130. The van der Waals surface area contributed by atoms with E-state index in [-0.39, 0.29) is 24.2 Å². The minimum atomic E-state index is -0.239. The van der Waals surface area contributed by atoms with E-state index >= 15 is 0 Å². The predicted octanol–water partition coefficient (Wildman–Crippen LogP) is 6.01. The van der Waals surface area contributed by atoms with Gasteiger partial charge in [-0.25, -0.2) is 9.97 Å². The van der Waals surface area contributed by atoms with Crippen LogP contribution in [0.25, 0.3) is 21.8 Å². The van der Waals surface area contributed by atoms with Gasteiger partial charge in [0.2, 0.25) is 0 Å². The molecule has 0 saturated heterocycles. The Kier molecular flexibility index (Phi) is 7.09. The zero-order valence-corrected chi connectivity index (χ0v) is 24.1. The molecule has 0 aliphatic rings. The van der Waals surface area contributed by atoms with Crippen molar-refractivity contribution in [3.63, 3.8) is 0 Å². The summed E-state index contributed by atoms with van der Waals surface area (Å²) in [5.41, 5.74) is 0.654. The lowest BCUT2D eigenvalue weighted by Gasteiger charge is -2.20. The van der Waals surface area contributed by atoms with Gasteiger partial charge in [-0.1, -0.05) is 31.9 Å². The van der Waals surface area contributed by atoms with Crippen molar-refractivity contribution in [2.24, 2.45) is 0 Å². The second-order valence-corrected chi connectivity index (χ2v) is 11.4. The quantitative estimate of drug-likeness (QED) is 0.222. The lowest BCUT2D eigenvalue weighted by atomic mass is 10.2. The normalized spacial score (nSPS) is 11.7. The molecule has 0 aliphatic heterocycles. The van der Waals surface area contributed by atoms with Crippen LogP contribution >= 0.6 is 63.7 Å². The lowest BCUT2D eigenvalue weighted by molar-refractivity contribution is 0.216. The van der Waals surface area contributed by atoms with Crippen LogP contribution in [-0.4, -0.2) is 24.8 Å². The van der Waals surface area contributed by atoms with Crippen LogP contribution in [0.5, 0.6) is 0 Å². The van der Waals surface area contributed by atoms with Crippen molar-refractivity contribution >= 4 is 85.5 Å². The van der Waals surface area contributed by atoms with Crippen LogP contribution in [0, 0.1) is 0 Å². The van der Waals surface area contributed by atoms with Gasteiger partial charge in [-0.15, -0.1) is 0 Å². The Labute approximate surface area is 231 Å². The van der Waals surface area contributed by atoms with Crippen molar-refractivity contribution in [1.82, 2.24) is 24.8 Å². The summed E-state index contributed by atoms with van der Waals surface area (Å²) < 4.78 is 8.52. The maximum atomic E-state index is 12.8. The minimum Gasteiger partial charge on any atom is -0.468 e. The number of furan rings is 1. The van der Waals surface area contributed by atoms with Crippen molar-refractivity contribution in [2.75, 3.05) is 0 Å². The summed E-state index contributed by atoms with van der Waals surface area (Å²) in [7, 11) is 0. The van der Waals surface area contributed by atoms with Crippen molar-refractivity contribution in [3.8, 4) is 0 Å². The van der Waals surface area contributed by atoms with Crippen LogP contribution in [0.1, 0.15) is 17.4 Å². The maximum absolute atomic E-state index is 12.8. The highest BCUT2D eigenvalue weighted by atomic mass is 79.9. The Bertz CT molecular complexity index is 1570. The molecule has 0 radical (unpaired) electrons. The highest BCUT2D eigenvalue weighted by Crippen LogP contribution is 2.27. The number of hydrogen-bond acceptors (Lipinski definition) is 6. The molecule has 178 valence electrons.